The lowest BCUT2D eigenvalue weighted by Crippen LogP contribution is -2.00. The van der Waals surface area contributed by atoms with E-state index in [1.165, 1.54) is 4.88 Å². The number of rotatable bonds is 2. The molecule has 0 aliphatic carbocycles. The SMILES string of the molecule is Cc1nc(-n2cnc(CN)n2)sc1C. The number of hydrogen-bond donors (Lipinski definition) is 1. The van der Waals surface area contributed by atoms with Crippen LogP contribution < -0.4 is 5.73 Å². The molecule has 2 heterocycles. The average molecular weight is 209 g/mol. The Hall–Kier alpha value is -1.27. The zero-order valence-electron chi connectivity index (χ0n) is 8.06. The Balaban J connectivity index is 2.39. The van der Waals surface area contributed by atoms with Gasteiger partial charge in [0.05, 0.1) is 12.2 Å². The van der Waals surface area contributed by atoms with Crippen LogP contribution in [0.2, 0.25) is 0 Å². The summed E-state index contributed by atoms with van der Waals surface area (Å²) in [6.45, 7) is 4.38. The van der Waals surface area contributed by atoms with Gasteiger partial charge in [0.25, 0.3) is 0 Å². The van der Waals surface area contributed by atoms with Crippen LogP contribution >= 0.6 is 11.3 Å². The standard InChI is InChI=1S/C8H11N5S/c1-5-6(2)14-8(11-5)13-4-10-7(3-9)12-13/h4H,3,9H2,1-2H3. The lowest BCUT2D eigenvalue weighted by Gasteiger charge is -1.90. The molecule has 0 unspecified atom stereocenters. The van der Waals surface area contributed by atoms with Crippen molar-refractivity contribution in [2.24, 2.45) is 5.73 Å². The van der Waals surface area contributed by atoms with Crippen LogP contribution in [-0.2, 0) is 6.54 Å². The molecule has 6 heteroatoms. The lowest BCUT2D eigenvalue weighted by molar-refractivity contribution is 0.821. The molecule has 0 radical (unpaired) electrons. The number of aromatic nitrogens is 4. The smallest absolute Gasteiger partial charge is 0.212 e. The molecule has 0 fully saturated rings. The van der Waals surface area contributed by atoms with E-state index in [0.29, 0.717) is 12.4 Å². The maximum absolute atomic E-state index is 5.42. The van der Waals surface area contributed by atoms with Crippen molar-refractivity contribution in [1.29, 1.82) is 0 Å². The van der Waals surface area contributed by atoms with Gasteiger partial charge in [-0.15, -0.1) is 5.10 Å². The van der Waals surface area contributed by atoms with Crippen LogP contribution in [0.25, 0.3) is 5.13 Å². The Kier molecular flexibility index (Phi) is 2.30. The summed E-state index contributed by atoms with van der Waals surface area (Å²) in [7, 11) is 0. The fraction of sp³-hybridized carbons (Fsp3) is 0.375. The van der Waals surface area contributed by atoms with E-state index in [0.717, 1.165) is 10.8 Å². The van der Waals surface area contributed by atoms with Crippen LogP contribution in [-0.4, -0.2) is 19.7 Å². The van der Waals surface area contributed by atoms with Crippen LogP contribution in [0.1, 0.15) is 16.4 Å². The summed E-state index contributed by atoms with van der Waals surface area (Å²) in [5.41, 5.74) is 6.46. The highest BCUT2D eigenvalue weighted by Gasteiger charge is 2.07. The molecule has 2 aromatic rings. The minimum absolute atomic E-state index is 0.357. The van der Waals surface area contributed by atoms with E-state index in [2.05, 4.69) is 15.1 Å². The van der Waals surface area contributed by atoms with Gasteiger partial charge >= 0.3 is 0 Å². The van der Waals surface area contributed by atoms with Gasteiger partial charge in [-0.2, -0.15) is 4.68 Å². The first-order valence-corrected chi connectivity index (χ1v) is 5.07. The molecule has 0 saturated carbocycles. The number of thiazole rings is 1. The number of hydrogen-bond acceptors (Lipinski definition) is 5. The van der Waals surface area contributed by atoms with Gasteiger partial charge in [-0.25, -0.2) is 9.97 Å². The molecular formula is C8H11N5S. The predicted octanol–water partition coefficient (Wildman–Crippen LogP) is 0.799. The van der Waals surface area contributed by atoms with Gasteiger partial charge in [0, 0.05) is 4.88 Å². The molecule has 2 aromatic heterocycles. The van der Waals surface area contributed by atoms with Crippen molar-refractivity contribution in [3.05, 3.63) is 22.7 Å². The highest BCUT2D eigenvalue weighted by atomic mass is 32.1. The van der Waals surface area contributed by atoms with Crippen molar-refractivity contribution in [3.8, 4) is 5.13 Å². The molecule has 0 saturated heterocycles. The molecule has 2 N–H and O–H groups in total. The van der Waals surface area contributed by atoms with E-state index in [1.54, 1.807) is 22.3 Å². The van der Waals surface area contributed by atoms with Crippen molar-refractivity contribution >= 4 is 11.3 Å². The fourth-order valence-corrected chi connectivity index (χ4v) is 1.87. The fourth-order valence-electron chi connectivity index (χ4n) is 1.04. The molecule has 0 spiro atoms. The van der Waals surface area contributed by atoms with Gasteiger partial charge in [0.2, 0.25) is 5.13 Å². The first-order valence-electron chi connectivity index (χ1n) is 4.25. The molecule has 0 amide bonds. The number of nitrogens with two attached hydrogens (primary N) is 1. The first-order chi connectivity index (χ1) is 6.70. The largest absolute Gasteiger partial charge is 0.324 e. The molecular weight excluding hydrogens is 198 g/mol. The summed E-state index contributed by atoms with van der Waals surface area (Å²) >= 11 is 1.60. The van der Waals surface area contributed by atoms with E-state index in [9.17, 15) is 0 Å². The summed E-state index contributed by atoms with van der Waals surface area (Å²) in [6, 6.07) is 0. The summed E-state index contributed by atoms with van der Waals surface area (Å²) in [5.74, 6) is 0.635. The summed E-state index contributed by atoms with van der Waals surface area (Å²) in [5, 5.41) is 5.02. The third-order valence-corrected chi connectivity index (χ3v) is 3.00. The predicted molar refractivity (Wildman–Crippen MR) is 54.4 cm³/mol. The second kappa shape index (κ2) is 3.47. The Bertz CT molecular complexity index is 425. The zero-order valence-corrected chi connectivity index (χ0v) is 8.88. The molecule has 2 rings (SSSR count). The third-order valence-electron chi connectivity index (χ3n) is 1.94. The number of nitrogens with zero attached hydrogens (tertiary/aromatic N) is 4. The van der Waals surface area contributed by atoms with Gasteiger partial charge in [0.1, 0.15) is 6.33 Å². The normalized spacial score (nSPS) is 10.8. The molecule has 74 valence electrons. The first kappa shape index (κ1) is 9.29. The molecule has 0 aliphatic rings. The Morgan fingerprint density at radius 3 is 2.79 bits per heavy atom. The van der Waals surface area contributed by atoms with Crippen molar-refractivity contribution in [2.45, 2.75) is 20.4 Å². The highest BCUT2D eigenvalue weighted by molar-refractivity contribution is 7.14. The topological polar surface area (TPSA) is 69.6 Å². The van der Waals surface area contributed by atoms with Crippen LogP contribution in [0.4, 0.5) is 0 Å². The Morgan fingerprint density at radius 1 is 1.50 bits per heavy atom. The molecule has 0 aliphatic heterocycles. The molecule has 0 bridgehead atoms. The second-order valence-corrected chi connectivity index (χ2v) is 4.13. The number of aryl methyl sites for hydroxylation is 2. The van der Waals surface area contributed by atoms with E-state index in [4.69, 9.17) is 5.73 Å². The molecule has 14 heavy (non-hydrogen) atoms. The van der Waals surface area contributed by atoms with Crippen molar-refractivity contribution in [3.63, 3.8) is 0 Å². The van der Waals surface area contributed by atoms with Gasteiger partial charge in [-0.3, -0.25) is 0 Å². The minimum Gasteiger partial charge on any atom is -0.324 e. The second-order valence-electron chi connectivity index (χ2n) is 2.95. The third kappa shape index (κ3) is 1.53. The van der Waals surface area contributed by atoms with Crippen molar-refractivity contribution in [2.75, 3.05) is 0 Å². The quantitative estimate of drug-likeness (QED) is 0.794. The summed E-state index contributed by atoms with van der Waals surface area (Å²) < 4.78 is 1.66. The Morgan fingerprint density at radius 2 is 2.29 bits per heavy atom. The van der Waals surface area contributed by atoms with E-state index >= 15 is 0 Å². The van der Waals surface area contributed by atoms with E-state index in [1.807, 2.05) is 13.8 Å². The van der Waals surface area contributed by atoms with E-state index < -0.39 is 0 Å². The Labute approximate surface area is 85.6 Å². The van der Waals surface area contributed by atoms with Gasteiger partial charge in [0.15, 0.2) is 5.82 Å². The highest BCUT2D eigenvalue weighted by Crippen LogP contribution is 2.19. The summed E-state index contributed by atoms with van der Waals surface area (Å²) in [6.07, 6.45) is 1.64. The van der Waals surface area contributed by atoms with Crippen molar-refractivity contribution < 1.29 is 0 Å². The van der Waals surface area contributed by atoms with Crippen LogP contribution in [0.15, 0.2) is 6.33 Å². The van der Waals surface area contributed by atoms with E-state index in [-0.39, 0.29) is 0 Å². The van der Waals surface area contributed by atoms with Gasteiger partial charge in [-0.05, 0) is 13.8 Å². The van der Waals surface area contributed by atoms with Crippen molar-refractivity contribution in [1.82, 2.24) is 19.7 Å². The monoisotopic (exact) mass is 209 g/mol. The lowest BCUT2D eigenvalue weighted by atomic mass is 10.4. The van der Waals surface area contributed by atoms with Crippen LogP contribution in [0, 0.1) is 13.8 Å². The van der Waals surface area contributed by atoms with Crippen LogP contribution in [0.5, 0.6) is 0 Å². The average Bonchev–Trinajstić information content (AvgIpc) is 2.74. The maximum Gasteiger partial charge on any atom is 0.212 e. The van der Waals surface area contributed by atoms with Gasteiger partial charge in [-0.1, -0.05) is 11.3 Å². The van der Waals surface area contributed by atoms with Gasteiger partial charge < -0.3 is 5.73 Å². The minimum atomic E-state index is 0.357. The molecule has 5 nitrogen and oxygen atoms in total. The molecule has 0 aromatic carbocycles. The molecule has 0 atom stereocenters. The summed E-state index contributed by atoms with van der Waals surface area (Å²) in [4.78, 5) is 9.61. The van der Waals surface area contributed by atoms with Crippen LogP contribution in [0.3, 0.4) is 0 Å². The zero-order chi connectivity index (χ0) is 10.1. The maximum atomic E-state index is 5.42.